The Morgan fingerprint density at radius 3 is 2.36 bits per heavy atom. The number of hydrogen-bond acceptors (Lipinski definition) is 2. The van der Waals surface area contributed by atoms with Gasteiger partial charge in [0, 0.05) is 17.6 Å². The van der Waals surface area contributed by atoms with E-state index >= 15 is 0 Å². The molecule has 11 heavy (non-hydrogen) atoms. The molecule has 0 aromatic rings. The van der Waals surface area contributed by atoms with Crippen LogP contribution in [-0.4, -0.2) is 29.6 Å². The highest BCUT2D eigenvalue weighted by Gasteiger charge is 2.37. The van der Waals surface area contributed by atoms with Gasteiger partial charge in [0.25, 0.3) is 0 Å². The molecule has 0 aromatic carbocycles. The first-order valence-corrected chi connectivity index (χ1v) is 4.44. The minimum absolute atomic E-state index is 0.178. The molecule has 0 amide bonds. The number of rotatable bonds is 0. The molecule has 0 saturated carbocycles. The Morgan fingerprint density at radius 2 is 1.91 bits per heavy atom. The lowest BCUT2D eigenvalue weighted by atomic mass is 9.83. The van der Waals surface area contributed by atoms with E-state index in [9.17, 15) is 0 Å². The summed E-state index contributed by atoms with van der Waals surface area (Å²) in [6.45, 7) is 6.73. The maximum atomic E-state index is 6.02. The number of piperidine rings is 1. The molecule has 2 unspecified atom stereocenters. The molecule has 0 aliphatic carbocycles. The number of likely N-dealkylation sites (tertiary alicyclic amines) is 1. The number of nitrogens with two attached hydrogens (primary N) is 1. The molecule has 66 valence electrons. The van der Waals surface area contributed by atoms with Gasteiger partial charge in [0.1, 0.15) is 0 Å². The van der Waals surface area contributed by atoms with E-state index in [2.05, 4.69) is 32.7 Å². The highest BCUT2D eigenvalue weighted by molar-refractivity contribution is 4.96. The molecule has 2 heteroatoms. The smallest absolute Gasteiger partial charge is 0.0303 e. The first-order chi connectivity index (χ1) is 4.96. The van der Waals surface area contributed by atoms with Gasteiger partial charge in [-0.2, -0.15) is 0 Å². The van der Waals surface area contributed by atoms with Gasteiger partial charge in [-0.15, -0.1) is 0 Å². The topological polar surface area (TPSA) is 29.3 Å². The summed E-state index contributed by atoms with van der Waals surface area (Å²) in [5.74, 6) is 0. The Balaban J connectivity index is 2.72. The molecule has 0 aromatic heterocycles. The summed E-state index contributed by atoms with van der Waals surface area (Å²) in [6, 6.07) is 1.02. The third-order valence-corrected chi connectivity index (χ3v) is 3.37. The highest BCUT2D eigenvalue weighted by atomic mass is 15.2. The predicted octanol–water partition coefficient (Wildman–Crippen LogP) is 1.21. The van der Waals surface area contributed by atoms with Crippen LogP contribution in [0.25, 0.3) is 0 Å². The van der Waals surface area contributed by atoms with Crippen molar-refractivity contribution in [2.24, 2.45) is 5.73 Å². The minimum Gasteiger partial charge on any atom is -0.326 e. The van der Waals surface area contributed by atoms with Crippen molar-refractivity contribution < 1.29 is 0 Å². The van der Waals surface area contributed by atoms with Crippen molar-refractivity contribution in [2.45, 2.75) is 51.2 Å². The maximum absolute atomic E-state index is 6.02. The monoisotopic (exact) mass is 156 g/mol. The van der Waals surface area contributed by atoms with Gasteiger partial charge in [0.15, 0.2) is 0 Å². The molecule has 1 aliphatic rings. The Morgan fingerprint density at radius 1 is 1.36 bits per heavy atom. The maximum Gasteiger partial charge on any atom is 0.0303 e. The van der Waals surface area contributed by atoms with Crippen LogP contribution < -0.4 is 5.73 Å². The van der Waals surface area contributed by atoms with E-state index < -0.39 is 0 Å². The third kappa shape index (κ3) is 1.42. The summed E-state index contributed by atoms with van der Waals surface area (Å²) in [4.78, 5) is 2.39. The Hall–Kier alpha value is -0.0800. The van der Waals surface area contributed by atoms with Crippen LogP contribution in [0.5, 0.6) is 0 Å². The zero-order chi connectivity index (χ0) is 8.65. The molecular formula is C9H20N2. The molecule has 2 N–H and O–H groups in total. The quantitative estimate of drug-likeness (QED) is 0.571. The van der Waals surface area contributed by atoms with Crippen LogP contribution in [0.3, 0.4) is 0 Å². The van der Waals surface area contributed by atoms with E-state index in [1.54, 1.807) is 0 Å². The van der Waals surface area contributed by atoms with Gasteiger partial charge in [0.2, 0.25) is 0 Å². The number of likely N-dealkylation sites (N-methyl/N-ethyl adjacent to an activating group) is 1. The first-order valence-electron chi connectivity index (χ1n) is 4.44. The molecule has 0 spiro atoms. The Kier molecular flexibility index (Phi) is 2.26. The SMILES string of the molecule is CC1CCC(N)C(C)(C)N1C. The molecule has 1 fully saturated rings. The van der Waals surface area contributed by atoms with Crippen LogP contribution in [0.2, 0.25) is 0 Å². The molecule has 2 atom stereocenters. The van der Waals surface area contributed by atoms with Crippen LogP contribution in [0, 0.1) is 0 Å². The molecule has 0 bridgehead atoms. The van der Waals surface area contributed by atoms with Gasteiger partial charge >= 0.3 is 0 Å². The molecule has 1 aliphatic heterocycles. The van der Waals surface area contributed by atoms with E-state index in [1.807, 2.05) is 0 Å². The fourth-order valence-electron chi connectivity index (χ4n) is 1.80. The zero-order valence-corrected chi connectivity index (χ0v) is 8.09. The van der Waals surface area contributed by atoms with E-state index in [0.29, 0.717) is 12.1 Å². The van der Waals surface area contributed by atoms with Crippen LogP contribution in [0.15, 0.2) is 0 Å². The second kappa shape index (κ2) is 2.76. The first kappa shape index (κ1) is 9.01. The fraction of sp³-hybridized carbons (Fsp3) is 1.00. The molecule has 1 saturated heterocycles. The van der Waals surface area contributed by atoms with Crippen molar-refractivity contribution in [3.63, 3.8) is 0 Å². The zero-order valence-electron chi connectivity index (χ0n) is 8.09. The van der Waals surface area contributed by atoms with Gasteiger partial charge in [0.05, 0.1) is 0 Å². The van der Waals surface area contributed by atoms with Crippen molar-refractivity contribution in [3.8, 4) is 0 Å². The lowest BCUT2D eigenvalue weighted by Crippen LogP contribution is -2.60. The fourth-order valence-corrected chi connectivity index (χ4v) is 1.80. The second-order valence-electron chi connectivity index (χ2n) is 4.30. The van der Waals surface area contributed by atoms with Gasteiger partial charge in [-0.05, 0) is 40.7 Å². The molecule has 2 nitrogen and oxygen atoms in total. The summed E-state index contributed by atoms with van der Waals surface area (Å²) in [5.41, 5.74) is 6.20. The molecule has 0 radical (unpaired) electrons. The van der Waals surface area contributed by atoms with E-state index in [-0.39, 0.29) is 5.54 Å². The minimum atomic E-state index is 0.178. The summed E-state index contributed by atoms with van der Waals surface area (Å²) >= 11 is 0. The summed E-state index contributed by atoms with van der Waals surface area (Å²) in [7, 11) is 2.17. The standard InChI is InChI=1S/C9H20N2/c1-7-5-6-8(10)9(2,3)11(7)4/h7-8H,5-6,10H2,1-4H3. The van der Waals surface area contributed by atoms with Crippen molar-refractivity contribution in [2.75, 3.05) is 7.05 Å². The molecular weight excluding hydrogens is 136 g/mol. The number of hydrogen-bond donors (Lipinski definition) is 1. The Labute approximate surface area is 69.8 Å². The van der Waals surface area contributed by atoms with E-state index in [4.69, 9.17) is 5.73 Å². The summed E-state index contributed by atoms with van der Waals surface area (Å²) in [5, 5.41) is 0. The van der Waals surface area contributed by atoms with Crippen molar-refractivity contribution in [3.05, 3.63) is 0 Å². The second-order valence-corrected chi connectivity index (χ2v) is 4.30. The third-order valence-electron chi connectivity index (χ3n) is 3.37. The Bertz CT molecular complexity index is 142. The van der Waals surface area contributed by atoms with Gasteiger partial charge < -0.3 is 5.73 Å². The van der Waals surface area contributed by atoms with Gasteiger partial charge in [-0.3, -0.25) is 4.90 Å². The van der Waals surface area contributed by atoms with Crippen LogP contribution in [0.1, 0.15) is 33.6 Å². The highest BCUT2D eigenvalue weighted by Crippen LogP contribution is 2.28. The van der Waals surface area contributed by atoms with Gasteiger partial charge in [-0.25, -0.2) is 0 Å². The molecule has 1 heterocycles. The number of nitrogens with zero attached hydrogens (tertiary/aromatic N) is 1. The van der Waals surface area contributed by atoms with Gasteiger partial charge in [-0.1, -0.05) is 0 Å². The van der Waals surface area contributed by atoms with E-state index in [0.717, 1.165) is 0 Å². The summed E-state index contributed by atoms with van der Waals surface area (Å²) in [6.07, 6.45) is 2.40. The lowest BCUT2D eigenvalue weighted by Gasteiger charge is -2.48. The van der Waals surface area contributed by atoms with E-state index in [1.165, 1.54) is 12.8 Å². The van der Waals surface area contributed by atoms with Crippen LogP contribution in [-0.2, 0) is 0 Å². The molecule has 1 rings (SSSR count). The average molecular weight is 156 g/mol. The van der Waals surface area contributed by atoms with Crippen molar-refractivity contribution >= 4 is 0 Å². The predicted molar refractivity (Wildman–Crippen MR) is 48.5 cm³/mol. The van der Waals surface area contributed by atoms with Crippen molar-refractivity contribution in [1.29, 1.82) is 0 Å². The summed E-state index contributed by atoms with van der Waals surface area (Å²) < 4.78 is 0. The average Bonchev–Trinajstić information content (AvgIpc) is 1.95. The largest absolute Gasteiger partial charge is 0.326 e. The normalized spacial score (nSPS) is 39.0. The van der Waals surface area contributed by atoms with Crippen LogP contribution >= 0.6 is 0 Å². The lowest BCUT2D eigenvalue weighted by molar-refractivity contribution is 0.0411. The van der Waals surface area contributed by atoms with Crippen molar-refractivity contribution in [1.82, 2.24) is 4.90 Å². The van der Waals surface area contributed by atoms with Crippen LogP contribution in [0.4, 0.5) is 0 Å².